The minimum atomic E-state index is -0.912. The Labute approximate surface area is 113 Å². The normalized spacial score (nSPS) is 13.1. The number of rotatable bonds is 6. The van der Waals surface area contributed by atoms with E-state index in [4.69, 9.17) is 5.11 Å². The highest BCUT2D eigenvalue weighted by atomic mass is 19.1. The molecular formula is C15H22FNO2. The molecule has 0 saturated carbocycles. The van der Waals surface area contributed by atoms with E-state index in [1.165, 1.54) is 6.07 Å². The molecule has 106 valence electrons. The Kier molecular flexibility index (Phi) is 5.48. The first kappa shape index (κ1) is 15.6. The van der Waals surface area contributed by atoms with Gasteiger partial charge in [-0.15, -0.1) is 0 Å². The fraction of sp³-hybridized carbons (Fsp3) is 0.533. The van der Waals surface area contributed by atoms with Crippen molar-refractivity contribution in [1.82, 2.24) is 5.32 Å². The van der Waals surface area contributed by atoms with Crippen LogP contribution in [0.15, 0.2) is 24.3 Å². The van der Waals surface area contributed by atoms with Crippen LogP contribution in [0, 0.1) is 11.7 Å². The van der Waals surface area contributed by atoms with Crippen molar-refractivity contribution in [2.45, 2.75) is 32.6 Å². The molecular weight excluding hydrogens is 245 g/mol. The fourth-order valence-electron chi connectivity index (χ4n) is 1.90. The van der Waals surface area contributed by atoms with Crippen molar-refractivity contribution in [2.24, 2.45) is 5.92 Å². The number of hydrogen-bond acceptors (Lipinski definition) is 2. The first-order valence-corrected chi connectivity index (χ1v) is 6.53. The molecule has 0 aliphatic rings. The Morgan fingerprint density at radius 3 is 2.63 bits per heavy atom. The first-order valence-electron chi connectivity index (χ1n) is 6.53. The van der Waals surface area contributed by atoms with Gasteiger partial charge in [0.2, 0.25) is 5.91 Å². The summed E-state index contributed by atoms with van der Waals surface area (Å²) < 4.78 is 13.8. The first-order chi connectivity index (χ1) is 8.89. The number of carbonyl (C=O) groups excluding carboxylic acids is 1. The molecule has 0 heterocycles. The van der Waals surface area contributed by atoms with Crippen molar-refractivity contribution >= 4 is 5.91 Å². The van der Waals surface area contributed by atoms with E-state index >= 15 is 0 Å². The van der Waals surface area contributed by atoms with Crippen LogP contribution < -0.4 is 5.32 Å². The number of aliphatic hydroxyl groups excluding tert-OH is 1. The van der Waals surface area contributed by atoms with Crippen molar-refractivity contribution in [2.75, 3.05) is 13.2 Å². The monoisotopic (exact) mass is 267 g/mol. The summed E-state index contributed by atoms with van der Waals surface area (Å²) in [4.78, 5) is 12.2. The van der Waals surface area contributed by atoms with E-state index in [-0.39, 0.29) is 24.2 Å². The molecule has 0 aliphatic carbocycles. The van der Waals surface area contributed by atoms with E-state index in [0.717, 1.165) is 0 Å². The third-order valence-electron chi connectivity index (χ3n) is 3.35. The molecule has 19 heavy (non-hydrogen) atoms. The summed E-state index contributed by atoms with van der Waals surface area (Å²) in [6, 6.07) is 6.32. The zero-order chi connectivity index (χ0) is 14.5. The van der Waals surface area contributed by atoms with E-state index in [9.17, 15) is 9.18 Å². The van der Waals surface area contributed by atoms with Crippen molar-refractivity contribution in [1.29, 1.82) is 0 Å². The molecule has 0 aromatic heterocycles. The van der Waals surface area contributed by atoms with Crippen molar-refractivity contribution < 1.29 is 14.3 Å². The minimum Gasteiger partial charge on any atom is -0.396 e. The second-order valence-corrected chi connectivity index (χ2v) is 5.43. The second-order valence-electron chi connectivity index (χ2n) is 5.43. The number of hydrogen-bond donors (Lipinski definition) is 2. The van der Waals surface area contributed by atoms with E-state index in [1.807, 2.05) is 6.92 Å². The maximum Gasteiger partial charge on any atom is 0.230 e. The maximum absolute atomic E-state index is 13.8. The Balaban J connectivity index is 2.72. The summed E-state index contributed by atoms with van der Waals surface area (Å²) in [5.74, 6) is -0.376. The summed E-state index contributed by atoms with van der Waals surface area (Å²) in [5.41, 5.74) is -0.521. The molecule has 1 amide bonds. The zero-order valence-corrected chi connectivity index (χ0v) is 11.7. The number of carbonyl (C=O) groups is 1. The molecule has 2 N–H and O–H groups in total. The second kappa shape index (κ2) is 6.66. The Morgan fingerprint density at radius 1 is 1.42 bits per heavy atom. The van der Waals surface area contributed by atoms with Crippen LogP contribution in [0.2, 0.25) is 0 Å². The summed E-state index contributed by atoms with van der Waals surface area (Å²) in [5, 5.41) is 11.6. The predicted octanol–water partition coefficient (Wildman–Crippen LogP) is 2.24. The smallest absolute Gasteiger partial charge is 0.230 e. The van der Waals surface area contributed by atoms with Gasteiger partial charge in [-0.3, -0.25) is 4.79 Å². The van der Waals surface area contributed by atoms with Crippen molar-refractivity contribution in [3.8, 4) is 0 Å². The molecule has 1 aromatic carbocycles. The Bertz CT molecular complexity index is 432. The Morgan fingerprint density at radius 2 is 2.05 bits per heavy atom. The average molecular weight is 267 g/mol. The van der Waals surface area contributed by atoms with E-state index in [2.05, 4.69) is 5.32 Å². The highest BCUT2D eigenvalue weighted by Crippen LogP contribution is 2.25. The number of aliphatic hydroxyl groups is 1. The molecule has 0 bridgehead atoms. The lowest BCUT2D eigenvalue weighted by Gasteiger charge is -2.25. The minimum absolute atomic E-state index is 0.105. The topological polar surface area (TPSA) is 49.3 Å². The molecule has 0 saturated heterocycles. The molecule has 1 rings (SSSR count). The third kappa shape index (κ3) is 4.03. The van der Waals surface area contributed by atoms with Gasteiger partial charge in [0.15, 0.2) is 0 Å². The molecule has 1 unspecified atom stereocenters. The van der Waals surface area contributed by atoms with Crippen LogP contribution in [-0.4, -0.2) is 24.2 Å². The summed E-state index contributed by atoms with van der Waals surface area (Å²) in [6.45, 7) is 5.95. The fourth-order valence-corrected chi connectivity index (χ4v) is 1.90. The van der Waals surface area contributed by atoms with Crippen LogP contribution in [0.25, 0.3) is 0 Å². The van der Waals surface area contributed by atoms with Crippen LogP contribution in [0.5, 0.6) is 0 Å². The lowest BCUT2D eigenvalue weighted by molar-refractivity contribution is -0.125. The average Bonchev–Trinajstić information content (AvgIpc) is 2.36. The highest BCUT2D eigenvalue weighted by Gasteiger charge is 2.32. The van der Waals surface area contributed by atoms with Gasteiger partial charge in [-0.05, 0) is 32.3 Å². The van der Waals surface area contributed by atoms with E-state index in [1.54, 1.807) is 32.0 Å². The van der Waals surface area contributed by atoms with Gasteiger partial charge >= 0.3 is 0 Å². The number of benzene rings is 1. The number of amides is 1. The summed E-state index contributed by atoms with van der Waals surface area (Å²) >= 11 is 0. The quantitative estimate of drug-likeness (QED) is 0.830. The summed E-state index contributed by atoms with van der Waals surface area (Å²) in [6.07, 6.45) is 0.639. The van der Waals surface area contributed by atoms with Gasteiger partial charge in [0, 0.05) is 18.7 Å². The molecule has 0 spiro atoms. The molecule has 4 heteroatoms. The van der Waals surface area contributed by atoms with E-state index < -0.39 is 5.41 Å². The standard InChI is InChI=1S/C15H22FNO2/c1-11(8-9-18)10-17-14(19)15(2,3)12-6-4-5-7-13(12)16/h4-7,11,18H,8-10H2,1-3H3,(H,17,19). The molecule has 1 aromatic rings. The largest absolute Gasteiger partial charge is 0.396 e. The van der Waals surface area contributed by atoms with Gasteiger partial charge in [0.1, 0.15) is 5.82 Å². The molecule has 0 fully saturated rings. The van der Waals surface area contributed by atoms with Gasteiger partial charge in [-0.2, -0.15) is 0 Å². The number of nitrogens with one attached hydrogen (secondary N) is 1. The van der Waals surface area contributed by atoms with Gasteiger partial charge in [-0.1, -0.05) is 25.1 Å². The highest BCUT2D eigenvalue weighted by molar-refractivity contribution is 5.87. The zero-order valence-electron chi connectivity index (χ0n) is 11.7. The third-order valence-corrected chi connectivity index (χ3v) is 3.35. The van der Waals surface area contributed by atoms with Crippen molar-refractivity contribution in [3.05, 3.63) is 35.6 Å². The van der Waals surface area contributed by atoms with Crippen LogP contribution in [0.3, 0.4) is 0 Å². The maximum atomic E-state index is 13.8. The molecule has 3 nitrogen and oxygen atoms in total. The van der Waals surface area contributed by atoms with Crippen LogP contribution in [-0.2, 0) is 10.2 Å². The Hall–Kier alpha value is -1.42. The molecule has 1 atom stereocenters. The van der Waals surface area contributed by atoms with Crippen molar-refractivity contribution in [3.63, 3.8) is 0 Å². The lowest BCUT2D eigenvalue weighted by atomic mass is 9.83. The van der Waals surface area contributed by atoms with Crippen LogP contribution in [0.4, 0.5) is 4.39 Å². The van der Waals surface area contributed by atoms with Gasteiger partial charge < -0.3 is 10.4 Å². The van der Waals surface area contributed by atoms with Crippen LogP contribution >= 0.6 is 0 Å². The summed E-state index contributed by atoms with van der Waals surface area (Å²) in [7, 11) is 0. The van der Waals surface area contributed by atoms with Gasteiger partial charge in [0.05, 0.1) is 5.41 Å². The van der Waals surface area contributed by atoms with Gasteiger partial charge in [0.25, 0.3) is 0 Å². The number of halogens is 1. The van der Waals surface area contributed by atoms with Crippen LogP contribution in [0.1, 0.15) is 32.8 Å². The molecule has 0 radical (unpaired) electrons. The molecule has 0 aliphatic heterocycles. The SMILES string of the molecule is CC(CCO)CNC(=O)C(C)(C)c1ccccc1F. The van der Waals surface area contributed by atoms with E-state index in [0.29, 0.717) is 18.5 Å². The van der Waals surface area contributed by atoms with Gasteiger partial charge in [-0.25, -0.2) is 4.39 Å². The predicted molar refractivity (Wildman–Crippen MR) is 73.3 cm³/mol. The lowest BCUT2D eigenvalue weighted by Crippen LogP contribution is -2.42.